The molecule has 0 bridgehead atoms. The Balaban J connectivity index is 5.25. The number of hydrogen-bond donors (Lipinski definition) is 3. The molecule has 0 rings (SSSR count). The molecule has 0 amide bonds. The third-order valence-corrected chi connectivity index (χ3v) is 19.5. The molecule has 0 spiro atoms. The quantitative estimate of drug-likeness (QED) is 0.0222. The van der Waals surface area contributed by atoms with E-state index in [1.807, 2.05) is 0 Å². The predicted octanol–water partition coefficient (Wildman–Crippen LogP) is 22.2. The van der Waals surface area contributed by atoms with E-state index in [0.29, 0.717) is 31.6 Å². The minimum absolute atomic E-state index is 0.105. The van der Waals surface area contributed by atoms with Crippen molar-refractivity contribution >= 4 is 39.5 Å². The van der Waals surface area contributed by atoms with Crippen LogP contribution in [0.4, 0.5) is 0 Å². The predicted molar refractivity (Wildman–Crippen MR) is 386 cm³/mol. The van der Waals surface area contributed by atoms with Gasteiger partial charge in [0.25, 0.3) is 0 Å². The van der Waals surface area contributed by atoms with Crippen LogP contribution in [0.25, 0.3) is 0 Å². The van der Waals surface area contributed by atoms with E-state index >= 15 is 0 Å². The van der Waals surface area contributed by atoms with E-state index < -0.39 is 97.5 Å². The number of phosphoric acid groups is 2. The van der Waals surface area contributed by atoms with Crippen LogP contribution in [0.15, 0.2) is 0 Å². The maximum absolute atomic E-state index is 13.1. The highest BCUT2D eigenvalue weighted by molar-refractivity contribution is 7.47. The Morgan fingerprint density at radius 2 is 0.484 bits per heavy atom. The molecule has 17 nitrogen and oxygen atoms in total. The molecule has 95 heavy (non-hydrogen) atoms. The SMILES string of the molecule is CCCCCCCCCCCCCCCCCCCC(=O)O[C@H](COC(=O)CCCCCCCCCCCCCCC(C)C)COP(=O)(O)OC[C@@H](O)COP(=O)(O)OC[C@@H](COC(=O)CCCCCCCCCC(C)C)OC(=O)CCCCCCCCCCCCC(C)C. The van der Waals surface area contributed by atoms with Crippen molar-refractivity contribution in [1.29, 1.82) is 0 Å². The van der Waals surface area contributed by atoms with Crippen molar-refractivity contribution in [1.82, 2.24) is 0 Å². The van der Waals surface area contributed by atoms with E-state index in [2.05, 4.69) is 48.5 Å². The molecule has 0 aliphatic rings. The largest absolute Gasteiger partial charge is 0.472 e. The number of aliphatic hydroxyl groups excluding tert-OH is 1. The summed E-state index contributed by atoms with van der Waals surface area (Å²) in [6, 6.07) is 0. The van der Waals surface area contributed by atoms with Crippen LogP contribution in [0, 0.1) is 17.8 Å². The highest BCUT2D eigenvalue weighted by atomic mass is 31.2. The molecule has 0 aromatic heterocycles. The molecule has 0 saturated heterocycles. The highest BCUT2D eigenvalue weighted by Gasteiger charge is 2.30. The van der Waals surface area contributed by atoms with Crippen LogP contribution in [0.2, 0.25) is 0 Å². The molecule has 3 N–H and O–H groups in total. The zero-order chi connectivity index (χ0) is 70.1. The minimum atomic E-state index is -4.96. The molecular formula is C76H148O17P2. The lowest BCUT2D eigenvalue weighted by Crippen LogP contribution is -2.30. The van der Waals surface area contributed by atoms with Crippen LogP contribution in [0.5, 0.6) is 0 Å². The van der Waals surface area contributed by atoms with E-state index in [-0.39, 0.29) is 25.7 Å². The second kappa shape index (κ2) is 66.6. The standard InChI is InChI=1S/C76H148O17P2/c1-8-9-10-11-12-13-14-15-16-17-18-19-24-30-37-45-52-59-75(80)92-71(63-86-73(78)57-50-43-36-29-23-21-20-22-27-33-40-47-54-67(2)3)65-90-94(82,83)88-61-70(77)62-89-95(84,85)91-66-72(64-87-74(79)58-51-44-39-32-35-42-49-56-69(6)7)93-76(81)60-53-46-38-31-26-25-28-34-41-48-55-68(4)5/h67-72,77H,8-66H2,1-7H3,(H,82,83)(H,84,85)/t70-,71-,72-/m1/s1. The molecule has 5 atom stereocenters. The summed E-state index contributed by atoms with van der Waals surface area (Å²) in [5.41, 5.74) is 0. The topological polar surface area (TPSA) is 237 Å². The van der Waals surface area contributed by atoms with Gasteiger partial charge >= 0.3 is 39.5 Å². The molecule has 0 aromatic carbocycles. The van der Waals surface area contributed by atoms with Crippen molar-refractivity contribution in [3.63, 3.8) is 0 Å². The Hall–Kier alpha value is -1.94. The molecule has 0 saturated carbocycles. The van der Waals surface area contributed by atoms with Gasteiger partial charge in [0.2, 0.25) is 0 Å². The summed E-state index contributed by atoms with van der Waals surface area (Å²) in [6.07, 6.45) is 52.8. The van der Waals surface area contributed by atoms with E-state index in [4.69, 9.17) is 37.0 Å². The van der Waals surface area contributed by atoms with Crippen LogP contribution < -0.4 is 0 Å². The smallest absolute Gasteiger partial charge is 0.462 e. The van der Waals surface area contributed by atoms with Gasteiger partial charge < -0.3 is 33.8 Å². The number of unbranched alkanes of at least 4 members (excludes halogenated alkanes) is 42. The second-order valence-electron chi connectivity index (χ2n) is 28.8. The van der Waals surface area contributed by atoms with E-state index in [0.717, 1.165) is 108 Å². The van der Waals surface area contributed by atoms with E-state index in [9.17, 15) is 43.2 Å². The number of phosphoric ester groups is 2. The molecular weight excluding hydrogens is 1250 g/mol. The van der Waals surface area contributed by atoms with Crippen LogP contribution in [0.3, 0.4) is 0 Å². The van der Waals surface area contributed by atoms with Gasteiger partial charge in [0.1, 0.15) is 19.3 Å². The first-order valence-corrected chi connectivity index (χ1v) is 42.3. The Bertz CT molecular complexity index is 1850. The van der Waals surface area contributed by atoms with Crippen molar-refractivity contribution in [2.45, 2.75) is 407 Å². The first-order valence-electron chi connectivity index (χ1n) is 39.3. The Morgan fingerprint density at radius 1 is 0.284 bits per heavy atom. The fraction of sp³-hybridized carbons (Fsp3) is 0.947. The van der Waals surface area contributed by atoms with Crippen LogP contribution in [0.1, 0.15) is 389 Å². The molecule has 0 radical (unpaired) electrons. The number of ether oxygens (including phenoxy) is 4. The molecule has 0 aliphatic carbocycles. The minimum Gasteiger partial charge on any atom is -0.462 e. The molecule has 19 heteroatoms. The average molecular weight is 1400 g/mol. The van der Waals surface area contributed by atoms with Crippen LogP contribution in [-0.4, -0.2) is 96.7 Å². The summed E-state index contributed by atoms with van der Waals surface area (Å²) >= 11 is 0. The van der Waals surface area contributed by atoms with Crippen molar-refractivity contribution < 1.29 is 80.2 Å². The molecule has 0 aromatic rings. The number of aliphatic hydroxyl groups is 1. The van der Waals surface area contributed by atoms with Gasteiger partial charge in [0.05, 0.1) is 26.4 Å². The molecule has 0 fully saturated rings. The lowest BCUT2D eigenvalue weighted by molar-refractivity contribution is -0.161. The van der Waals surface area contributed by atoms with Crippen LogP contribution in [-0.2, 0) is 65.4 Å². The van der Waals surface area contributed by atoms with E-state index in [1.54, 1.807) is 0 Å². The summed E-state index contributed by atoms with van der Waals surface area (Å²) < 4.78 is 68.5. The van der Waals surface area contributed by atoms with E-state index in [1.165, 1.54) is 193 Å². The molecule has 2 unspecified atom stereocenters. The number of carbonyl (C=O) groups is 4. The maximum atomic E-state index is 13.1. The van der Waals surface area contributed by atoms with Gasteiger partial charge in [-0.3, -0.25) is 37.3 Å². The van der Waals surface area contributed by atoms with Crippen molar-refractivity contribution in [2.24, 2.45) is 17.8 Å². The zero-order valence-corrected chi connectivity index (χ0v) is 63.9. The summed E-state index contributed by atoms with van der Waals surface area (Å²) in [6.45, 7) is 11.8. The fourth-order valence-corrected chi connectivity index (χ4v) is 13.2. The monoisotopic (exact) mass is 1400 g/mol. The summed E-state index contributed by atoms with van der Waals surface area (Å²) in [7, 11) is -9.91. The van der Waals surface area contributed by atoms with Gasteiger partial charge in [0, 0.05) is 25.7 Å². The van der Waals surface area contributed by atoms with Gasteiger partial charge in [-0.1, -0.05) is 337 Å². The average Bonchev–Trinajstić information content (AvgIpc) is 1.66. The molecule has 564 valence electrons. The molecule has 0 aliphatic heterocycles. The number of hydrogen-bond acceptors (Lipinski definition) is 15. The summed E-state index contributed by atoms with van der Waals surface area (Å²) in [5.74, 6) is 0.121. The van der Waals surface area contributed by atoms with Gasteiger partial charge in [-0.05, 0) is 43.4 Å². The lowest BCUT2D eigenvalue weighted by Gasteiger charge is -2.21. The maximum Gasteiger partial charge on any atom is 0.472 e. The van der Waals surface area contributed by atoms with Gasteiger partial charge in [-0.15, -0.1) is 0 Å². The normalized spacial score (nSPS) is 14.1. The Labute approximate surface area is 581 Å². The van der Waals surface area contributed by atoms with Gasteiger partial charge in [0.15, 0.2) is 12.2 Å². The van der Waals surface area contributed by atoms with Crippen LogP contribution >= 0.6 is 15.6 Å². The number of rotatable bonds is 74. The first kappa shape index (κ1) is 93.1. The third kappa shape index (κ3) is 70.3. The highest BCUT2D eigenvalue weighted by Crippen LogP contribution is 2.45. The first-order chi connectivity index (χ1) is 45.7. The zero-order valence-electron chi connectivity index (χ0n) is 62.1. The second-order valence-corrected chi connectivity index (χ2v) is 31.7. The fourth-order valence-electron chi connectivity index (χ4n) is 11.6. The Kier molecular flexibility index (Phi) is 65.2. The van der Waals surface area contributed by atoms with Crippen molar-refractivity contribution in [3.05, 3.63) is 0 Å². The Morgan fingerprint density at radius 3 is 0.716 bits per heavy atom. The third-order valence-electron chi connectivity index (χ3n) is 17.6. The van der Waals surface area contributed by atoms with Crippen molar-refractivity contribution in [2.75, 3.05) is 39.6 Å². The lowest BCUT2D eigenvalue weighted by atomic mass is 10.0. The van der Waals surface area contributed by atoms with Gasteiger partial charge in [-0.2, -0.15) is 0 Å². The van der Waals surface area contributed by atoms with Crippen molar-refractivity contribution in [3.8, 4) is 0 Å². The number of esters is 4. The summed E-state index contributed by atoms with van der Waals surface area (Å²) in [4.78, 5) is 72.8. The summed E-state index contributed by atoms with van der Waals surface area (Å²) in [5, 5.41) is 10.6. The molecule has 0 heterocycles. The number of carbonyl (C=O) groups excluding carboxylic acids is 4. The van der Waals surface area contributed by atoms with Gasteiger partial charge in [-0.25, -0.2) is 9.13 Å².